The van der Waals surface area contributed by atoms with E-state index < -0.39 is 8.80 Å². The van der Waals surface area contributed by atoms with Gasteiger partial charge in [0.25, 0.3) is 0 Å². The van der Waals surface area contributed by atoms with Crippen molar-refractivity contribution in [2.75, 3.05) is 0 Å². The molecule has 0 atom stereocenters. The van der Waals surface area contributed by atoms with Crippen LogP contribution >= 0.6 is 11.6 Å². The van der Waals surface area contributed by atoms with Gasteiger partial charge in [0.1, 0.15) is 0 Å². The van der Waals surface area contributed by atoms with Crippen LogP contribution in [-0.2, 0) is 0 Å². The Balaban J connectivity index is 2.54. The number of halogens is 1. The highest BCUT2D eigenvalue weighted by Gasteiger charge is 2.19. The molecule has 1 heterocycles. The third-order valence-corrected chi connectivity index (χ3v) is 6.76. The van der Waals surface area contributed by atoms with Crippen LogP contribution in [0.4, 0.5) is 0 Å². The van der Waals surface area contributed by atoms with Crippen LogP contribution in [0.25, 0.3) is 0 Å². The first kappa shape index (κ1) is 11.3. The first-order chi connectivity index (χ1) is 5.99. The van der Waals surface area contributed by atoms with Gasteiger partial charge in [-0.2, -0.15) is 0 Å². The van der Waals surface area contributed by atoms with E-state index in [0.717, 1.165) is 0 Å². The van der Waals surface area contributed by atoms with Crippen molar-refractivity contribution in [3.05, 3.63) is 10.7 Å². The largest absolute Gasteiger partial charge is 0.0949 e. The van der Waals surface area contributed by atoms with Crippen LogP contribution in [0.2, 0.25) is 12.1 Å². The lowest BCUT2D eigenvalue weighted by Crippen LogP contribution is -2.18. The molecule has 1 aliphatic heterocycles. The molecular weight excluding hydrogens is 196 g/mol. The lowest BCUT2D eigenvalue weighted by atomic mass is 9.98. The number of hydrogen-bond acceptors (Lipinski definition) is 0. The summed E-state index contributed by atoms with van der Waals surface area (Å²) in [5.41, 5.74) is 0.265. The Morgan fingerprint density at radius 1 is 1.15 bits per heavy atom. The molecule has 0 amide bonds. The van der Waals surface area contributed by atoms with Crippen LogP contribution in [0.15, 0.2) is 10.7 Å². The van der Waals surface area contributed by atoms with Crippen LogP contribution in [0, 0.1) is 5.41 Å². The molecule has 1 rings (SSSR count). The fourth-order valence-electron chi connectivity index (χ4n) is 1.91. The first-order valence-electron chi connectivity index (χ1n) is 5.37. The normalized spacial score (nSPS) is 22.0. The zero-order valence-corrected chi connectivity index (χ0v) is 11.0. The Morgan fingerprint density at radius 2 is 1.69 bits per heavy atom. The molecule has 13 heavy (non-hydrogen) atoms. The molecule has 0 unspecified atom stereocenters. The van der Waals surface area contributed by atoms with E-state index >= 15 is 0 Å². The van der Waals surface area contributed by atoms with E-state index in [1.807, 2.05) is 0 Å². The molecule has 76 valence electrons. The van der Waals surface area contributed by atoms with Crippen LogP contribution in [-0.4, -0.2) is 8.80 Å². The van der Waals surface area contributed by atoms with Gasteiger partial charge in [0, 0.05) is 0 Å². The van der Waals surface area contributed by atoms with E-state index in [1.165, 1.54) is 36.0 Å². The number of allylic oxidation sites excluding steroid dienone is 1. The molecule has 0 N–H and O–H groups in total. The maximum absolute atomic E-state index is 6.37. The van der Waals surface area contributed by atoms with E-state index in [2.05, 4.69) is 26.8 Å². The molecule has 0 nitrogen and oxygen atoms in total. The monoisotopic (exact) mass is 216 g/mol. The highest BCUT2D eigenvalue weighted by Crippen LogP contribution is 2.29. The van der Waals surface area contributed by atoms with Crippen molar-refractivity contribution in [3.8, 4) is 0 Å². The number of rotatable bonds is 1. The molecule has 1 aliphatic rings. The van der Waals surface area contributed by atoms with Gasteiger partial charge in [0.15, 0.2) is 0 Å². The predicted molar refractivity (Wildman–Crippen MR) is 64.0 cm³/mol. The molecule has 0 radical (unpaired) electrons. The van der Waals surface area contributed by atoms with E-state index in [4.69, 9.17) is 11.6 Å². The van der Waals surface area contributed by atoms with Crippen molar-refractivity contribution in [2.24, 2.45) is 5.41 Å². The molecule has 0 aliphatic carbocycles. The second-order valence-corrected chi connectivity index (χ2v) is 9.20. The molecule has 0 spiro atoms. The minimum atomic E-state index is -0.694. The average molecular weight is 217 g/mol. The molecule has 0 aromatic carbocycles. The SMILES string of the molecule is CC(C)(C)C=C(Cl)[SiH]1CCCCC1. The fraction of sp³-hybridized carbons (Fsp3) is 0.818. The van der Waals surface area contributed by atoms with E-state index in [-0.39, 0.29) is 5.41 Å². The summed E-state index contributed by atoms with van der Waals surface area (Å²) in [6, 6.07) is 2.87. The van der Waals surface area contributed by atoms with Crippen molar-refractivity contribution in [1.82, 2.24) is 0 Å². The summed E-state index contributed by atoms with van der Waals surface area (Å²) in [6.07, 6.45) is 6.57. The maximum atomic E-state index is 6.37. The topological polar surface area (TPSA) is 0 Å². The Labute approximate surface area is 89.0 Å². The predicted octanol–water partition coefficient (Wildman–Crippen LogP) is 4.11. The van der Waals surface area contributed by atoms with Crippen molar-refractivity contribution in [1.29, 1.82) is 0 Å². The van der Waals surface area contributed by atoms with Crippen LogP contribution in [0.1, 0.15) is 40.0 Å². The second kappa shape index (κ2) is 4.65. The van der Waals surface area contributed by atoms with Crippen molar-refractivity contribution < 1.29 is 0 Å². The maximum Gasteiger partial charge on any atom is 0.0851 e. The molecule has 0 aromatic rings. The summed E-state index contributed by atoms with van der Waals surface area (Å²) in [5.74, 6) is 0. The lowest BCUT2D eigenvalue weighted by Gasteiger charge is -2.22. The van der Waals surface area contributed by atoms with Gasteiger partial charge in [-0.05, 0) is 10.1 Å². The van der Waals surface area contributed by atoms with Gasteiger partial charge in [-0.25, -0.2) is 0 Å². The van der Waals surface area contributed by atoms with Crippen molar-refractivity contribution in [2.45, 2.75) is 52.1 Å². The van der Waals surface area contributed by atoms with Gasteiger partial charge in [-0.1, -0.05) is 69.8 Å². The standard InChI is InChI=1S/C11H21ClSi/c1-11(2,3)9-10(12)13-7-5-4-6-8-13/h9,13H,4-8H2,1-3H3. The Bertz CT molecular complexity index is 185. The van der Waals surface area contributed by atoms with Gasteiger partial charge >= 0.3 is 0 Å². The summed E-state index contributed by atoms with van der Waals surface area (Å²) in [4.78, 5) is 0. The highest BCUT2D eigenvalue weighted by molar-refractivity contribution is 6.78. The van der Waals surface area contributed by atoms with Gasteiger partial charge in [0.05, 0.1) is 8.80 Å². The minimum Gasteiger partial charge on any atom is -0.0949 e. The van der Waals surface area contributed by atoms with Gasteiger partial charge < -0.3 is 0 Å². The van der Waals surface area contributed by atoms with E-state index in [0.29, 0.717) is 0 Å². The molecular formula is C11H21ClSi. The van der Waals surface area contributed by atoms with Crippen molar-refractivity contribution in [3.63, 3.8) is 0 Å². The average Bonchev–Trinajstić information content (AvgIpc) is 2.03. The summed E-state index contributed by atoms with van der Waals surface area (Å²) in [6.45, 7) is 6.69. The fourth-order valence-corrected chi connectivity index (χ4v) is 6.03. The molecule has 1 saturated heterocycles. The smallest absolute Gasteiger partial charge is 0.0851 e. The second-order valence-electron chi connectivity index (χ2n) is 5.23. The Kier molecular flexibility index (Phi) is 4.05. The summed E-state index contributed by atoms with van der Waals surface area (Å²) in [7, 11) is -0.694. The van der Waals surface area contributed by atoms with Crippen LogP contribution in [0.5, 0.6) is 0 Å². The van der Waals surface area contributed by atoms with Gasteiger partial charge in [-0.15, -0.1) is 0 Å². The highest BCUT2D eigenvalue weighted by atomic mass is 35.5. The third kappa shape index (κ3) is 4.32. The van der Waals surface area contributed by atoms with Crippen molar-refractivity contribution >= 4 is 20.4 Å². The molecule has 0 bridgehead atoms. The molecule has 0 aromatic heterocycles. The van der Waals surface area contributed by atoms with Gasteiger partial charge in [-0.3, -0.25) is 0 Å². The summed E-state index contributed by atoms with van der Waals surface area (Å²) >= 11 is 6.37. The zero-order chi connectivity index (χ0) is 9.90. The lowest BCUT2D eigenvalue weighted by molar-refractivity contribution is 0.543. The first-order valence-corrected chi connectivity index (χ1v) is 7.96. The molecule has 2 heteroatoms. The van der Waals surface area contributed by atoms with E-state index in [9.17, 15) is 0 Å². The Morgan fingerprint density at radius 3 is 2.15 bits per heavy atom. The summed E-state index contributed by atoms with van der Waals surface area (Å²) in [5, 5.41) is 0. The minimum absolute atomic E-state index is 0.265. The molecule has 0 saturated carbocycles. The summed E-state index contributed by atoms with van der Waals surface area (Å²) < 4.78 is 1.24. The Hall–Kier alpha value is 0.247. The number of hydrogen-bond donors (Lipinski definition) is 0. The van der Waals surface area contributed by atoms with Crippen LogP contribution in [0.3, 0.4) is 0 Å². The third-order valence-electron chi connectivity index (χ3n) is 2.57. The quantitative estimate of drug-likeness (QED) is 0.579. The van der Waals surface area contributed by atoms with Crippen LogP contribution < -0.4 is 0 Å². The molecule has 1 fully saturated rings. The zero-order valence-electron chi connectivity index (χ0n) is 9.07. The van der Waals surface area contributed by atoms with Gasteiger partial charge in [0.2, 0.25) is 0 Å². The van der Waals surface area contributed by atoms with E-state index in [1.54, 1.807) is 0 Å².